The van der Waals surface area contributed by atoms with E-state index in [1.54, 1.807) is 23.6 Å². The minimum atomic E-state index is -1.30. The van der Waals surface area contributed by atoms with Crippen LogP contribution in [-0.2, 0) is 4.84 Å². The van der Waals surface area contributed by atoms with E-state index in [0.717, 1.165) is 5.52 Å². The summed E-state index contributed by atoms with van der Waals surface area (Å²) < 4.78 is 7.15. The number of rotatable bonds is 8. The molecule has 31 heavy (non-hydrogen) atoms. The molecule has 0 saturated heterocycles. The summed E-state index contributed by atoms with van der Waals surface area (Å²) in [5.74, 6) is -1.11. The van der Waals surface area contributed by atoms with Crippen LogP contribution in [-0.4, -0.2) is 41.0 Å². The van der Waals surface area contributed by atoms with Gasteiger partial charge in [-0.25, -0.2) is 15.1 Å². The van der Waals surface area contributed by atoms with Gasteiger partial charge in [0.25, 0.3) is 0 Å². The summed E-state index contributed by atoms with van der Waals surface area (Å²) in [6.45, 7) is 5.29. The Hall–Kier alpha value is -4.11. The zero-order valence-electron chi connectivity index (χ0n) is 17.0. The molecule has 0 aliphatic carbocycles. The first kappa shape index (κ1) is 21.6. The van der Waals surface area contributed by atoms with E-state index < -0.39 is 12.0 Å². The molecule has 0 aliphatic rings. The Morgan fingerprint density at radius 3 is 2.68 bits per heavy atom. The Bertz CT molecular complexity index is 1180. The number of methoxy groups -OCH3 is 1. The molecule has 0 bridgehead atoms. The number of urea groups is 1. The molecule has 9 nitrogen and oxygen atoms in total. The van der Waals surface area contributed by atoms with E-state index >= 15 is 0 Å². The van der Waals surface area contributed by atoms with Crippen molar-refractivity contribution in [3.63, 3.8) is 0 Å². The average molecular weight is 423 g/mol. The topological polar surface area (TPSA) is 118 Å². The van der Waals surface area contributed by atoms with Crippen LogP contribution in [0.5, 0.6) is 5.75 Å². The number of carboxylic acid groups (broad SMARTS) is 1. The maximum Gasteiger partial charge on any atom is 0.343 e. The number of hydrogen-bond donors (Lipinski definition) is 3. The SMILES string of the molecule is C=CCONC(=O)Nc1ccc(C(=O)c2c(C)c(OC)c3ccccn23)cc1C(=O)O. The molecule has 2 heterocycles. The van der Waals surface area contributed by atoms with Gasteiger partial charge < -0.3 is 19.6 Å². The second-order valence-electron chi connectivity index (χ2n) is 6.51. The third kappa shape index (κ3) is 4.26. The van der Waals surface area contributed by atoms with Crippen LogP contribution in [0.4, 0.5) is 10.5 Å². The van der Waals surface area contributed by atoms with Crippen molar-refractivity contribution in [3.05, 3.63) is 77.6 Å². The number of nitrogens with zero attached hydrogens (tertiary/aromatic N) is 1. The third-order valence-electron chi connectivity index (χ3n) is 4.57. The van der Waals surface area contributed by atoms with Crippen molar-refractivity contribution in [2.45, 2.75) is 6.92 Å². The molecule has 3 aromatic rings. The molecule has 160 valence electrons. The number of pyridine rings is 1. The van der Waals surface area contributed by atoms with Crippen molar-refractivity contribution in [1.82, 2.24) is 9.88 Å². The Balaban J connectivity index is 1.98. The molecule has 0 atom stereocenters. The van der Waals surface area contributed by atoms with Crippen LogP contribution in [0.15, 0.2) is 55.3 Å². The number of aromatic carboxylic acids is 1. The molecule has 1 aromatic carbocycles. The molecule has 2 aromatic heterocycles. The predicted molar refractivity (Wildman–Crippen MR) is 114 cm³/mol. The molecule has 0 radical (unpaired) electrons. The van der Waals surface area contributed by atoms with Crippen LogP contribution in [0.1, 0.15) is 32.0 Å². The zero-order valence-corrected chi connectivity index (χ0v) is 17.0. The van der Waals surface area contributed by atoms with Gasteiger partial charge in [0.1, 0.15) is 11.4 Å². The lowest BCUT2D eigenvalue weighted by Crippen LogP contribution is -2.29. The summed E-state index contributed by atoms with van der Waals surface area (Å²) in [5, 5.41) is 12.0. The summed E-state index contributed by atoms with van der Waals surface area (Å²) in [6.07, 6.45) is 3.17. The van der Waals surface area contributed by atoms with Gasteiger partial charge in [0.15, 0.2) is 0 Å². The number of aromatic nitrogens is 1. The molecule has 0 fully saturated rings. The first-order valence-electron chi connectivity index (χ1n) is 9.24. The molecule has 3 N–H and O–H groups in total. The number of ether oxygens (including phenoxy) is 1. The van der Waals surface area contributed by atoms with Gasteiger partial charge in [0.05, 0.1) is 30.5 Å². The lowest BCUT2D eigenvalue weighted by molar-refractivity contribution is 0.0697. The normalized spacial score (nSPS) is 10.5. The Labute approximate surface area is 177 Å². The number of anilines is 1. The van der Waals surface area contributed by atoms with E-state index in [2.05, 4.69) is 17.4 Å². The fourth-order valence-electron chi connectivity index (χ4n) is 3.26. The molecule has 9 heteroatoms. The molecular weight excluding hydrogens is 402 g/mol. The maximum absolute atomic E-state index is 13.3. The first-order valence-corrected chi connectivity index (χ1v) is 9.24. The summed E-state index contributed by atoms with van der Waals surface area (Å²) in [6, 6.07) is 8.70. The van der Waals surface area contributed by atoms with Gasteiger partial charge in [-0.1, -0.05) is 12.1 Å². The number of carboxylic acids is 1. The lowest BCUT2D eigenvalue weighted by Gasteiger charge is -2.11. The van der Waals surface area contributed by atoms with Crippen LogP contribution in [0.2, 0.25) is 0 Å². The quantitative estimate of drug-likeness (QED) is 0.221. The highest BCUT2D eigenvalue weighted by atomic mass is 16.7. The summed E-state index contributed by atoms with van der Waals surface area (Å²) in [5.41, 5.74) is 3.74. The molecule has 0 unspecified atom stereocenters. The molecule has 0 aliphatic heterocycles. The van der Waals surface area contributed by atoms with Crippen molar-refractivity contribution < 1.29 is 29.1 Å². The number of hydrogen-bond acceptors (Lipinski definition) is 5. The van der Waals surface area contributed by atoms with E-state index in [9.17, 15) is 19.5 Å². The third-order valence-corrected chi connectivity index (χ3v) is 4.57. The van der Waals surface area contributed by atoms with E-state index in [1.165, 1.54) is 31.4 Å². The van der Waals surface area contributed by atoms with Gasteiger partial charge in [-0.3, -0.25) is 9.63 Å². The van der Waals surface area contributed by atoms with Crippen molar-refractivity contribution in [1.29, 1.82) is 0 Å². The van der Waals surface area contributed by atoms with Crippen molar-refractivity contribution in [2.75, 3.05) is 19.0 Å². The van der Waals surface area contributed by atoms with Gasteiger partial charge in [0, 0.05) is 17.3 Å². The monoisotopic (exact) mass is 423 g/mol. The average Bonchev–Trinajstić information content (AvgIpc) is 3.04. The predicted octanol–water partition coefficient (Wildman–Crippen LogP) is 3.42. The number of nitrogens with one attached hydrogen (secondary N) is 2. The maximum atomic E-state index is 13.3. The largest absolute Gasteiger partial charge is 0.494 e. The second-order valence-corrected chi connectivity index (χ2v) is 6.51. The Morgan fingerprint density at radius 2 is 2.00 bits per heavy atom. The van der Waals surface area contributed by atoms with Crippen molar-refractivity contribution in [2.24, 2.45) is 0 Å². The van der Waals surface area contributed by atoms with Crippen LogP contribution < -0.4 is 15.5 Å². The highest BCUT2D eigenvalue weighted by Gasteiger charge is 2.24. The zero-order chi connectivity index (χ0) is 22.5. The number of carbonyl (C=O) groups is 3. The van der Waals surface area contributed by atoms with Gasteiger partial charge >= 0.3 is 12.0 Å². The molecule has 3 rings (SSSR count). The minimum Gasteiger partial charge on any atom is -0.494 e. The van der Waals surface area contributed by atoms with E-state index in [0.29, 0.717) is 17.0 Å². The van der Waals surface area contributed by atoms with Gasteiger partial charge in [-0.05, 0) is 37.3 Å². The molecular formula is C22H21N3O6. The van der Waals surface area contributed by atoms with Crippen LogP contribution in [0.25, 0.3) is 5.52 Å². The number of benzene rings is 1. The highest BCUT2D eigenvalue weighted by Crippen LogP contribution is 2.32. The number of fused-ring (bicyclic) bond motifs is 1. The fraction of sp³-hybridized carbons (Fsp3) is 0.136. The Morgan fingerprint density at radius 1 is 1.23 bits per heavy atom. The highest BCUT2D eigenvalue weighted by molar-refractivity contribution is 6.12. The van der Waals surface area contributed by atoms with Crippen molar-refractivity contribution in [3.8, 4) is 5.75 Å². The van der Waals surface area contributed by atoms with Crippen LogP contribution in [0.3, 0.4) is 0 Å². The van der Waals surface area contributed by atoms with Gasteiger partial charge in [-0.2, -0.15) is 0 Å². The molecule has 0 saturated carbocycles. The number of hydroxylamine groups is 1. The number of ketones is 1. The van der Waals surface area contributed by atoms with Gasteiger partial charge in [0.2, 0.25) is 5.78 Å². The Kier molecular flexibility index (Phi) is 6.37. The number of carbonyl (C=O) groups excluding carboxylic acids is 2. The van der Waals surface area contributed by atoms with E-state index in [1.807, 2.05) is 12.1 Å². The smallest absolute Gasteiger partial charge is 0.343 e. The number of amides is 2. The van der Waals surface area contributed by atoms with E-state index in [4.69, 9.17) is 9.57 Å². The molecule has 2 amide bonds. The first-order chi connectivity index (χ1) is 14.9. The molecule has 0 spiro atoms. The van der Waals surface area contributed by atoms with Crippen LogP contribution in [0, 0.1) is 6.92 Å². The summed E-state index contributed by atoms with van der Waals surface area (Å²) in [4.78, 5) is 41.7. The van der Waals surface area contributed by atoms with E-state index in [-0.39, 0.29) is 29.2 Å². The van der Waals surface area contributed by atoms with Crippen molar-refractivity contribution >= 4 is 29.0 Å². The second kappa shape index (κ2) is 9.14. The standard InChI is InChI=1S/C22H21N3O6/c1-4-11-31-24-22(29)23-16-9-8-14(12-15(16)21(27)28)19(26)18-13(2)20(30-3)17-7-5-6-10-25(17)18/h4-10,12H,1,11H2,2-3H3,(H,27,28)(H2,23,24,29). The summed E-state index contributed by atoms with van der Waals surface area (Å²) >= 11 is 0. The summed E-state index contributed by atoms with van der Waals surface area (Å²) in [7, 11) is 1.52. The minimum absolute atomic E-state index is 0.0121. The van der Waals surface area contributed by atoms with Crippen LogP contribution >= 0.6 is 0 Å². The fourth-order valence-corrected chi connectivity index (χ4v) is 3.26. The van der Waals surface area contributed by atoms with Gasteiger partial charge in [-0.15, -0.1) is 6.58 Å². The lowest BCUT2D eigenvalue weighted by atomic mass is 10.0.